The molecule has 0 spiro atoms. The summed E-state index contributed by atoms with van der Waals surface area (Å²) in [6.07, 6.45) is 8.51. The molecule has 0 bridgehead atoms. The highest BCUT2D eigenvalue weighted by atomic mass is 14.4. The van der Waals surface area contributed by atoms with E-state index < -0.39 is 0 Å². The van der Waals surface area contributed by atoms with Crippen LogP contribution in [0.25, 0.3) is 0 Å². The Labute approximate surface area is 95.1 Å². The molecule has 0 aromatic heterocycles. The lowest BCUT2D eigenvalue weighted by atomic mass is 9.64. The van der Waals surface area contributed by atoms with Crippen molar-refractivity contribution in [3.8, 4) is 0 Å². The second-order valence-electron chi connectivity index (χ2n) is 6.57. The fourth-order valence-electron chi connectivity index (χ4n) is 3.51. The van der Waals surface area contributed by atoms with Gasteiger partial charge in [0.2, 0.25) is 0 Å². The highest BCUT2D eigenvalue weighted by Gasteiger charge is 2.34. The number of hydrogen-bond acceptors (Lipinski definition) is 0. The lowest BCUT2D eigenvalue weighted by Crippen LogP contribution is -2.27. The zero-order chi connectivity index (χ0) is 11.1. The van der Waals surface area contributed by atoms with Crippen LogP contribution in [0.15, 0.2) is 11.1 Å². The average molecular weight is 206 g/mol. The zero-order valence-electron chi connectivity index (χ0n) is 10.9. The molecule has 0 saturated heterocycles. The molecule has 0 aromatic carbocycles. The predicted molar refractivity (Wildman–Crippen MR) is 66.8 cm³/mol. The molecule has 2 aliphatic carbocycles. The molecule has 86 valence electrons. The van der Waals surface area contributed by atoms with E-state index in [1.54, 1.807) is 0 Å². The van der Waals surface area contributed by atoms with Crippen LogP contribution in [0.2, 0.25) is 0 Å². The molecule has 0 heterocycles. The molecule has 0 N–H and O–H groups in total. The second kappa shape index (κ2) is 3.96. The van der Waals surface area contributed by atoms with Crippen LogP contribution in [0.5, 0.6) is 0 Å². The molecule has 2 rings (SSSR count). The van der Waals surface area contributed by atoms with Crippen molar-refractivity contribution in [2.24, 2.45) is 17.3 Å². The third kappa shape index (κ3) is 2.14. The molecular weight excluding hydrogens is 180 g/mol. The molecule has 0 heteroatoms. The minimum Gasteiger partial charge on any atom is -0.0704 e. The first-order chi connectivity index (χ1) is 7.00. The van der Waals surface area contributed by atoms with Gasteiger partial charge in [-0.05, 0) is 55.8 Å². The smallest absolute Gasteiger partial charge is 0.0142 e. The summed E-state index contributed by atoms with van der Waals surface area (Å²) in [6.45, 7) is 9.71. The maximum absolute atomic E-state index is 2.46. The van der Waals surface area contributed by atoms with E-state index in [1.165, 1.54) is 38.5 Å². The van der Waals surface area contributed by atoms with Crippen molar-refractivity contribution in [2.75, 3.05) is 0 Å². The van der Waals surface area contributed by atoms with Crippen LogP contribution >= 0.6 is 0 Å². The molecule has 1 atom stereocenters. The molecule has 0 radical (unpaired) electrons. The van der Waals surface area contributed by atoms with Gasteiger partial charge in [-0.1, -0.05) is 38.8 Å². The molecule has 15 heavy (non-hydrogen) atoms. The first-order valence-electron chi connectivity index (χ1n) is 6.72. The first-order valence-corrected chi connectivity index (χ1v) is 6.72. The van der Waals surface area contributed by atoms with Gasteiger partial charge in [0.15, 0.2) is 0 Å². The minimum atomic E-state index is 0.515. The lowest BCUT2D eigenvalue weighted by Gasteiger charge is -2.41. The second-order valence-corrected chi connectivity index (χ2v) is 6.57. The van der Waals surface area contributed by atoms with Gasteiger partial charge in [-0.3, -0.25) is 0 Å². The fraction of sp³-hybridized carbons (Fsp3) is 0.867. The summed E-state index contributed by atoms with van der Waals surface area (Å²) < 4.78 is 0. The summed E-state index contributed by atoms with van der Waals surface area (Å²) in [6, 6.07) is 0. The summed E-state index contributed by atoms with van der Waals surface area (Å²) in [4.78, 5) is 0. The average Bonchev–Trinajstić information content (AvgIpc) is 2.17. The highest BCUT2D eigenvalue weighted by Crippen LogP contribution is 2.48. The molecule has 1 unspecified atom stereocenters. The van der Waals surface area contributed by atoms with Gasteiger partial charge < -0.3 is 0 Å². The van der Waals surface area contributed by atoms with Gasteiger partial charge in [0.25, 0.3) is 0 Å². The van der Waals surface area contributed by atoms with Crippen molar-refractivity contribution in [3.63, 3.8) is 0 Å². The number of rotatable bonds is 1. The van der Waals surface area contributed by atoms with E-state index in [2.05, 4.69) is 27.7 Å². The van der Waals surface area contributed by atoms with Crippen LogP contribution in [0.4, 0.5) is 0 Å². The largest absolute Gasteiger partial charge is 0.0704 e. The maximum Gasteiger partial charge on any atom is -0.0142 e. The first kappa shape index (κ1) is 11.2. The van der Waals surface area contributed by atoms with Gasteiger partial charge in [-0.15, -0.1) is 0 Å². The summed E-state index contributed by atoms with van der Waals surface area (Å²) in [5.74, 6) is 1.83. The summed E-state index contributed by atoms with van der Waals surface area (Å²) in [5, 5.41) is 0. The van der Waals surface area contributed by atoms with E-state index in [1.807, 2.05) is 11.1 Å². The molecule has 0 nitrogen and oxygen atoms in total. The van der Waals surface area contributed by atoms with Gasteiger partial charge >= 0.3 is 0 Å². The van der Waals surface area contributed by atoms with E-state index in [0.29, 0.717) is 5.41 Å². The van der Waals surface area contributed by atoms with Crippen molar-refractivity contribution in [2.45, 2.75) is 66.2 Å². The summed E-state index contributed by atoms with van der Waals surface area (Å²) >= 11 is 0. The Hall–Kier alpha value is -0.260. The SMILES string of the molecule is CC(C)C1CCC2=C(C1)C(C)(C)CCC2. The summed E-state index contributed by atoms with van der Waals surface area (Å²) in [7, 11) is 0. The van der Waals surface area contributed by atoms with Gasteiger partial charge in [0.05, 0.1) is 0 Å². The van der Waals surface area contributed by atoms with Crippen LogP contribution in [0.3, 0.4) is 0 Å². The van der Waals surface area contributed by atoms with E-state index in [-0.39, 0.29) is 0 Å². The van der Waals surface area contributed by atoms with Gasteiger partial charge in [0, 0.05) is 0 Å². The van der Waals surface area contributed by atoms with Crippen LogP contribution in [-0.2, 0) is 0 Å². The standard InChI is InChI=1S/C15H26/c1-11(2)13-8-7-12-6-5-9-15(3,4)14(12)10-13/h11,13H,5-10H2,1-4H3. The third-order valence-electron chi connectivity index (χ3n) is 4.75. The van der Waals surface area contributed by atoms with E-state index in [4.69, 9.17) is 0 Å². The molecule has 0 aromatic rings. The Balaban J connectivity index is 2.21. The summed E-state index contributed by atoms with van der Waals surface area (Å²) in [5.41, 5.74) is 4.20. The molecule has 0 saturated carbocycles. The Morgan fingerprint density at radius 2 is 1.93 bits per heavy atom. The number of allylic oxidation sites excluding steroid dienone is 2. The quantitative estimate of drug-likeness (QED) is 0.532. The van der Waals surface area contributed by atoms with Crippen molar-refractivity contribution in [3.05, 3.63) is 11.1 Å². The van der Waals surface area contributed by atoms with E-state index in [9.17, 15) is 0 Å². The Kier molecular flexibility index (Phi) is 2.96. The molecule has 0 aliphatic heterocycles. The lowest BCUT2D eigenvalue weighted by molar-refractivity contribution is 0.267. The van der Waals surface area contributed by atoms with Crippen LogP contribution in [0, 0.1) is 17.3 Å². The van der Waals surface area contributed by atoms with Crippen molar-refractivity contribution in [1.82, 2.24) is 0 Å². The van der Waals surface area contributed by atoms with Gasteiger partial charge in [0.1, 0.15) is 0 Å². The molecule has 2 aliphatic rings. The number of hydrogen-bond donors (Lipinski definition) is 0. The van der Waals surface area contributed by atoms with Crippen LogP contribution in [-0.4, -0.2) is 0 Å². The van der Waals surface area contributed by atoms with Crippen LogP contribution in [0.1, 0.15) is 66.2 Å². The fourth-order valence-corrected chi connectivity index (χ4v) is 3.51. The monoisotopic (exact) mass is 206 g/mol. The Morgan fingerprint density at radius 3 is 2.60 bits per heavy atom. The molecular formula is C15H26. The maximum atomic E-state index is 2.46. The molecule has 0 fully saturated rings. The Morgan fingerprint density at radius 1 is 1.20 bits per heavy atom. The predicted octanol–water partition coefficient (Wildman–Crippen LogP) is 4.95. The van der Waals surface area contributed by atoms with Crippen molar-refractivity contribution < 1.29 is 0 Å². The van der Waals surface area contributed by atoms with Gasteiger partial charge in [-0.25, -0.2) is 0 Å². The Bertz CT molecular complexity index is 268. The third-order valence-corrected chi connectivity index (χ3v) is 4.75. The topological polar surface area (TPSA) is 0 Å². The van der Waals surface area contributed by atoms with Crippen LogP contribution < -0.4 is 0 Å². The van der Waals surface area contributed by atoms with Crippen molar-refractivity contribution >= 4 is 0 Å². The zero-order valence-corrected chi connectivity index (χ0v) is 10.9. The van der Waals surface area contributed by atoms with E-state index in [0.717, 1.165) is 11.8 Å². The van der Waals surface area contributed by atoms with E-state index >= 15 is 0 Å². The minimum absolute atomic E-state index is 0.515. The van der Waals surface area contributed by atoms with Crippen molar-refractivity contribution in [1.29, 1.82) is 0 Å². The highest BCUT2D eigenvalue weighted by molar-refractivity contribution is 5.26. The normalized spacial score (nSPS) is 30.6. The van der Waals surface area contributed by atoms with Gasteiger partial charge in [-0.2, -0.15) is 0 Å². The molecule has 0 amide bonds.